The summed E-state index contributed by atoms with van der Waals surface area (Å²) in [5.41, 5.74) is -1.33. The van der Waals surface area contributed by atoms with E-state index >= 15 is 0 Å². The summed E-state index contributed by atoms with van der Waals surface area (Å²) in [6, 6.07) is 4.77. The maximum atomic E-state index is 13.4. The Morgan fingerprint density at radius 1 is 1.18 bits per heavy atom. The van der Waals surface area contributed by atoms with Gasteiger partial charge in [0, 0.05) is 14.5 Å². The van der Waals surface area contributed by atoms with Crippen LogP contribution < -0.4 is 5.43 Å². The van der Waals surface area contributed by atoms with Gasteiger partial charge in [-0.05, 0) is 59.2 Å². The van der Waals surface area contributed by atoms with Crippen molar-refractivity contribution < 1.29 is 13.2 Å². The number of aromatic nitrogens is 1. The zero-order valence-electron chi connectivity index (χ0n) is 11.3. The summed E-state index contributed by atoms with van der Waals surface area (Å²) in [7, 11) is 0. The summed E-state index contributed by atoms with van der Waals surface area (Å²) in [5.74, 6) is 0. The van der Waals surface area contributed by atoms with Crippen LogP contribution in [0.5, 0.6) is 0 Å². The Kier molecular flexibility index (Phi) is 3.88. The second kappa shape index (κ2) is 5.57. The van der Waals surface area contributed by atoms with Crippen LogP contribution in [0.4, 0.5) is 13.2 Å². The molecule has 1 aliphatic rings. The number of nitrogens with one attached hydrogen (secondary N) is 1. The van der Waals surface area contributed by atoms with Gasteiger partial charge in [-0.2, -0.15) is 13.2 Å². The highest BCUT2D eigenvalue weighted by molar-refractivity contribution is 14.1. The van der Waals surface area contributed by atoms with Gasteiger partial charge in [-0.1, -0.05) is 18.2 Å². The van der Waals surface area contributed by atoms with Crippen molar-refractivity contribution in [2.24, 2.45) is 0 Å². The van der Waals surface area contributed by atoms with E-state index in [2.05, 4.69) is 4.98 Å². The summed E-state index contributed by atoms with van der Waals surface area (Å²) in [6.45, 7) is 0. The van der Waals surface area contributed by atoms with E-state index in [4.69, 9.17) is 0 Å². The van der Waals surface area contributed by atoms with Crippen molar-refractivity contribution in [1.29, 1.82) is 0 Å². The average molecular weight is 417 g/mol. The molecule has 2 aromatic rings. The van der Waals surface area contributed by atoms with Gasteiger partial charge in [0.05, 0.1) is 5.56 Å². The fraction of sp³-hybridized carbons (Fsp3) is 0.188. The molecule has 0 saturated carbocycles. The van der Waals surface area contributed by atoms with Gasteiger partial charge in [0.25, 0.3) is 0 Å². The Bertz CT molecular complexity index is 862. The third-order valence-electron chi connectivity index (χ3n) is 3.53. The lowest BCUT2D eigenvalue weighted by Gasteiger charge is -2.16. The van der Waals surface area contributed by atoms with E-state index in [1.165, 1.54) is 6.07 Å². The SMILES string of the molecule is O=c1c(C2=CCCC=C2)c(C(F)(F)F)[nH]c2ccc(I)cc12. The number of pyridine rings is 1. The van der Waals surface area contributed by atoms with Crippen LogP contribution in [-0.4, -0.2) is 4.98 Å². The number of hydrogen-bond donors (Lipinski definition) is 1. The van der Waals surface area contributed by atoms with Crippen LogP contribution in [0.15, 0.2) is 41.2 Å². The molecule has 1 aromatic heterocycles. The van der Waals surface area contributed by atoms with E-state index in [1.54, 1.807) is 30.4 Å². The van der Waals surface area contributed by atoms with Crippen molar-refractivity contribution in [2.45, 2.75) is 19.0 Å². The molecule has 1 heterocycles. The Morgan fingerprint density at radius 2 is 1.95 bits per heavy atom. The molecule has 114 valence electrons. The monoisotopic (exact) mass is 417 g/mol. The third-order valence-corrected chi connectivity index (χ3v) is 4.20. The van der Waals surface area contributed by atoms with Crippen molar-refractivity contribution in [1.82, 2.24) is 4.98 Å². The highest BCUT2D eigenvalue weighted by Gasteiger charge is 2.37. The molecule has 0 bridgehead atoms. The summed E-state index contributed by atoms with van der Waals surface area (Å²) in [5, 5.41) is 0.273. The number of allylic oxidation sites excluding steroid dienone is 4. The first kappa shape index (κ1) is 15.3. The van der Waals surface area contributed by atoms with E-state index in [9.17, 15) is 18.0 Å². The maximum absolute atomic E-state index is 13.4. The standard InChI is InChI=1S/C16H11F3INO/c17-16(18,19)15-13(9-4-2-1-3-5-9)14(22)11-8-10(20)6-7-12(11)21-15/h2,4-8H,1,3H2,(H,21,22). The first-order chi connectivity index (χ1) is 10.4. The van der Waals surface area contributed by atoms with Crippen molar-refractivity contribution in [3.8, 4) is 0 Å². The fourth-order valence-corrected chi connectivity index (χ4v) is 3.04. The zero-order valence-corrected chi connectivity index (χ0v) is 13.5. The van der Waals surface area contributed by atoms with Gasteiger partial charge < -0.3 is 4.98 Å². The molecule has 6 heteroatoms. The molecule has 0 radical (unpaired) electrons. The lowest BCUT2D eigenvalue weighted by Crippen LogP contribution is -2.21. The summed E-state index contributed by atoms with van der Waals surface area (Å²) in [4.78, 5) is 15.0. The normalized spacial score (nSPS) is 15.2. The van der Waals surface area contributed by atoms with Crippen molar-refractivity contribution in [3.63, 3.8) is 0 Å². The van der Waals surface area contributed by atoms with Crippen LogP contribution in [-0.2, 0) is 6.18 Å². The van der Waals surface area contributed by atoms with E-state index in [-0.39, 0.29) is 16.5 Å². The number of halogens is 4. The molecule has 0 atom stereocenters. The number of fused-ring (bicyclic) bond motifs is 1. The number of alkyl halides is 3. The number of hydrogen-bond acceptors (Lipinski definition) is 1. The third kappa shape index (κ3) is 2.71. The molecule has 0 saturated heterocycles. The van der Waals surface area contributed by atoms with Gasteiger partial charge in [0.2, 0.25) is 0 Å². The molecule has 0 fully saturated rings. The molecule has 1 N–H and O–H groups in total. The minimum atomic E-state index is -4.61. The lowest BCUT2D eigenvalue weighted by molar-refractivity contribution is -0.141. The number of H-pyrrole nitrogens is 1. The largest absolute Gasteiger partial charge is 0.432 e. The molecule has 3 rings (SSSR count). The Hall–Kier alpha value is -1.57. The first-order valence-corrected chi connectivity index (χ1v) is 7.75. The minimum absolute atomic E-state index is 0.196. The van der Waals surface area contributed by atoms with Gasteiger partial charge in [-0.3, -0.25) is 4.79 Å². The lowest BCUT2D eigenvalue weighted by atomic mass is 9.96. The Morgan fingerprint density at radius 3 is 2.59 bits per heavy atom. The molecule has 0 unspecified atom stereocenters. The van der Waals surface area contributed by atoms with Gasteiger partial charge in [0.15, 0.2) is 5.43 Å². The van der Waals surface area contributed by atoms with E-state index in [0.717, 1.165) is 9.99 Å². The molecule has 1 aliphatic carbocycles. The highest BCUT2D eigenvalue weighted by Crippen LogP contribution is 2.34. The fourth-order valence-electron chi connectivity index (χ4n) is 2.55. The predicted octanol–water partition coefficient (Wildman–Crippen LogP) is 4.88. The second-order valence-corrected chi connectivity index (χ2v) is 6.28. The molecular weight excluding hydrogens is 406 g/mol. The first-order valence-electron chi connectivity index (χ1n) is 6.68. The van der Waals surface area contributed by atoms with Gasteiger partial charge in [-0.25, -0.2) is 0 Å². The van der Waals surface area contributed by atoms with Crippen LogP contribution in [0.1, 0.15) is 24.1 Å². The van der Waals surface area contributed by atoms with Gasteiger partial charge >= 0.3 is 6.18 Å². The minimum Gasteiger partial charge on any atom is -0.350 e. The Balaban J connectivity index is 2.41. The van der Waals surface area contributed by atoms with Crippen molar-refractivity contribution in [2.75, 3.05) is 0 Å². The molecule has 0 aliphatic heterocycles. The molecule has 0 amide bonds. The number of aromatic amines is 1. The van der Waals surface area contributed by atoms with Crippen LogP contribution in [0.2, 0.25) is 0 Å². The zero-order chi connectivity index (χ0) is 15.9. The van der Waals surface area contributed by atoms with Crippen molar-refractivity contribution in [3.05, 3.63) is 61.5 Å². The summed E-state index contributed by atoms with van der Waals surface area (Å²) >= 11 is 2.03. The predicted molar refractivity (Wildman–Crippen MR) is 88.6 cm³/mol. The molecule has 22 heavy (non-hydrogen) atoms. The van der Waals surface area contributed by atoms with E-state index < -0.39 is 17.3 Å². The van der Waals surface area contributed by atoms with Crippen LogP contribution >= 0.6 is 22.6 Å². The van der Waals surface area contributed by atoms with Crippen LogP contribution in [0.3, 0.4) is 0 Å². The molecule has 0 spiro atoms. The number of rotatable bonds is 1. The summed E-state index contributed by atoms with van der Waals surface area (Å²) < 4.78 is 40.9. The Labute approximate surface area is 137 Å². The van der Waals surface area contributed by atoms with Crippen molar-refractivity contribution >= 4 is 39.1 Å². The maximum Gasteiger partial charge on any atom is 0.432 e. The van der Waals surface area contributed by atoms with E-state index in [0.29, 0.717) is 12.0 Å². The van der Waals surface area contributed by atoms with Crippen LogP contribution in [0.25, 0.3) is 16.5 Å². The quantitative estimate of drug-likeness (QED) is 0.659. The summed E-state index contributed by atoms with van der Waals surface area (Å²) in [6.07, 6.45) is 1.84. The second-order valence-electron chi connectivity index (χ2n) is 5.03. The highest BCUT2D eigenvalue weighted by atomic mass is 127. The van der Waals surface area contributed by atoms with Crippen LogP contribution in [0, 0.1) is 3.57 Å². The topological polar surface area (TPSA) is 32.9 Å². The van der Waals surface area contributed by atoms with Gasteiger partial charge in [-0.15, -0.1) is 0 Å². The number of benzene rings is 1. The van der Waals surface area contributed by atoms with E-state index in [1.807, 2.05) is 22.6 Å². The molecular formula is C16H11F3INO. The smallest absolute Gasteiger partial charge is 0.350 e. The molecule has 2 nitrogen and oxygen atoms in total. The molecule has 1 aromatic carbocycles. The van der Waals surface area contributed by atoms with Gasteiger partial charge in [0.1, 0.15) is 5.69 Å². The average Bonchev–Trinajstić information content (AvgIpc) is 2.47.